The van der Waals surface area contributed by atoms with E-state index in [-0.39, 0.29) is 47.5 Å². The van der Waals surface area contributed by atoms with Gasteiger partial charge in [0.25, 0.3) is 0 Å². The predicted molar refractivity (Wildman–Crippen MR) is 167 cm³/mol. The average molecular weight is 613 g/mol. The highest BCUT2D eigenvalue weighted by Gasteiger charge is 2.49. The monoisotopic (exact) mass is 612 g/mol. The zero-order valence-electron chi connectivity index (χ0n) is 25.0. The molecule has 0 saturated carbocycles. The van der Waals surface area contributed by atoms with Gasteiger partial charge in [0.2, 0.25) is 5.88 Å². The van der Waals surface area contributed by atoms with Crippen molar-refractivity contribution in [3.8, 4) is 41.2 Å². The van der Waals surface area contributed by atoms with Crippen LogP contribution in [0.15, 0.2) is 30.3 Å². The van der Waals surface area contributed by atoms with Crippen LogP contribution in [-0.2, 0) is 0 Å². The number of anilines is 1. The van der Waals surface area contributed by atoms with Gasteiger partial charge < -0.3 is 24.8 Å². The van der Waals surface area contributed by atoms with E-state index >= 15 is 4.39 Å². The number of terminal acetylenes is 1. The van der Waals surface area contributed by atoms with Crippen molar-refractivity contribution in [2.24, 2.45) is 0 Å². The van der Waals surface area contributed by atoms with Crippen LogP contribution in [0.5, 0.6) is 17.6 Å². The number of piperazine rings is 1. The number of pyridine rings is 1. The van der Waals surface area contributed by atoms with Crippen molar-refractivity contribution in [1.82, 2.24) is 25.2 Å². The number of hydrogen-bond acceptors (Lipinski definition) is 9. The summed E-state index contributed by atoms with van der Waals surface area (Å²) in [5.74, 6) is 2.64. The molecule has 6 heterocycles. The third-order valence-electron chi connectivity index (χ3n) is 9.99. The van der Waals surface area contributed by atoms with Crippen LogP contribution in [0.2, 0.25) is 0 Å². The van der Waals surface area contributed by atoms with Crippen molar-refractivity contribution in [3.63, 3.8) is 0 Å². The summed E-state index contributed by atoms with van der Waals surface area (Å²) in [6.07, 6.45) is 8.05. The third-order valence-corrected chi connectivity index (χ3v) is 9.99. The number of halogens is 2. The van der Waals surface area contributed by atoms with E-state index in [9.17, 15) is 9.50 Å². The number of benzene rings is 2. The Balaban J connectivity index is 1.32. The molecule has 0 bridgehead atoms. The number of rotatable bonds is 5. The van der Waals surface area contributed by atoms with Gasteiger partial charge in [-0.05, 0) is 49.4 Å². The number of aromatic nitrogens is 3. The van der Waals surface area contributed by atoms with Gasteiger partial charge in [-0.3, -0.25) is 4.90 Å². The van der Waals surface area contributed by atoms with Gasteiger partial charge in [0, 0.05) is 48.6 Å². The second kappa shape index (κ2) is 10.7. The summed E-state index contributed by atoms with van der Waals surface area (Å²) in [5.41, 5.74) is 0.416. The maximum absolute atomic E-state index is 17.0. The van der Waals surface area contributed by atoms with Crippen molar-refractivity contribution in [2.75, 3.05) is 44.3 Å². The minimum absolute atomic E-state index is 0.00693. The number of hydrogen-bond donors (Lipinski definition) is 2. The molecule has 1 unspecified atom stereocenters. The van der Waals surface area contributed by atoms with Crippen LogP contribution >= 0.6 is 0 Å². The second-order valence-corrected chi connectivity index (χ2v) is 12.7. The lowest BCUT2D eigenvalue weighted by Crippen LogP contribution is -2.58. The second-order valence-electron chi connectivity index (χ2n) is 12.7. The molecular weight excluding hydrogens is 578 g/mol. The summed E-state index contributed by atoms with van der Waals surface area (Å²) in [5, 5.41) is 15.8. The van der Waals surface area contributed by atoms with E-state index in [1.165, 1.54) is 6.07 Å². The molecule has 3 saturated heterocycles. The van der Waals surface area contributed by atoms with Crippen molar-refractivity contribution in [1.29, 1.82) is 0 Å². The molecule has 4 aliphatic heterocycles. The van der Waals surface area contributed by atoms with Gasteiger partial charge in [-0.1, -0.05) is 25.0 Å². The van der Waals surface area contributed by atoms with E-state index in [0.717, 1.165) is 25.8 Å². The highest BCUT2D eigenvalue weighted by molar-refractivity contribution is 6.04. The highest BCUT2D eigenvalue weighted by atomic mass is 19.1. The molecule has 0 spiro atoms. The van der Waals surface area contributed by atoms with Gasteiger partial charge in [-0.15, -0.1) is 6.42 Å². The van der Waals surface area contributed by atoms with Gasteiger partial charge in [0.05, 0.1) is 11.6 Å². The Hall–Kier alpha value is -4.27. The number of aromatic hydroxyl groups is 1. The first-order chi connectivity index (χ1) is 21.9. The fourth-order valence-electron chi connectivity index (χ4n) is 7.75. The SMILES string of the molecule is C#Cc1cccc2cc(O)cc(-c3nc4c5c(nc(OC[C@@]67CCCN6C[C@H](F)C7)nc5c3F)N3CC(CC)NC[C@H]3CO4)c12. The molecule has 9 nitrogen and oxygen atoms in total. The summed E-state index contributed by atoms with van der Waals surface area (Å²) in [7, 11) is 0. The number of nitrogens with one attached hydrogen (secondary N) is 1. The molecule has 4 atom stereocenters. The molecule has 0 aliphatic carbocycles. The number of ether oxygens (including phenoxy) is 2. The Kier molecular flexibility index (Phi) is 6.69. The van der Waals surface area contributed by atoms with Crippen molar-refractivity contribution < 1.29 is 23.4 Å². The third kappa shape index (κ3) is 4.53. The standard InChI is InChI=1S/C34H34F2N6O3/c1-3-19-7-5-8-20-11-24(43)12-25(26(19)20)29-28(36)30-27-31(42-16-22(4-2)37-14-23(42)17-44-32(27)38-29)40-33(39-30)45-18-34-9-6-10-41(34)15-21(35)13-34/h1,5,7-8,11-12,21-23,37,43H,4,6,9-10,13-18H2,2H3/t21-,22?,23+,34+/m1/s1. The molecule has 2 N–H and O–H groups in total. The predicted octanol–water partition coefficient (Wildman–Crippen LogP) is 4.58. The Bertz CT molecular complexity index is 1880. The zero-order valence-corrected chi connectivity index (χ0v) is 25.0. The zero-order chi connectivity index (χ0) is 30.9. The van der Waals surface area contributed by atoms with Crippen molar-refractivity contribution in [2.45, 2.75) is 56.4 Å². The van der Waals surface area contributed by atoms with Crippen LogP contribution in [0, 0.1) is 18.2 Å². The number of fused-ring (bicyclic) bond motifs is 4. The Morgan fingerprint density at radius 1 is 1.22 bits per heavy atom. The minimum Gasteiger partial charge on any atom is -0.508 e. The number of alkyl halides is 1. The molecule has 4 aliphatic rings. The molecule has 8 rings (SSSR count). The summed E-state index contributed by atoms with van der Waals surface area (Å²) in [6.45, 7) is 5.16. The van der Waals surface area contributed by atoms with E-state index < -0.39 is 17.5 Å². The molecular formula is C34H34F2N6O3. The highest BCUT2D eigenvalue weighted by Crippen LogP contribution is 2.44. The molecule has 4 aromatic rings. The van der Waals surface area contributed by atoms with Crippen LogP contribution in [0.25, 0.3) is 32.9 Å². The van der Waals surface area contributed by atoms with E-state index in [1.807, 2.05) is 6.07 Å². The van der Waals surface area contributed by atoms with Gasteiger partial charge in [0.15, 0.2) is 5.82 Å². The normalized spacial score (nSPS) is 25.9. The molecule has 11 heteroatoms. The minimum atomic E-state index is -0.903. The molecule has 3 fully saturated rings. The lowest BCUT2D eigenvalue weighted by atomic mass is 9.95. The maximum atomic E-state index is 17.0. The Morgan fingerprint density at radius 3 is 2.96 bits per heavy atom. The first-order valence-electron chi connectivity index (χ1n) is 15.7. The molecule has 0 amide bonds. The number of phenolic OH excluding ortho intramolecular Hbond substituents is 1. The first kappa shape index (κ1) is 28.2. The van der Waals surface area contributed by atoms with E-state index in [1.54, 1.807) is 18.2 Å². The van der Waals surface area contributed by atoms with Gasteiger partial charge in [-0.2, -0.15) is 9.97 Å². The largest absolute Gasteiger partial charge is 0.508 e. The van der Waals surface area contributed by atoms with Crippen LogP contribution in [0.1, 0.15) is 38.2 Å². The molecule has 232 valence electrons. The van der Waals surface area contributed by atoms with E-state index in [4.69, 9.17) is 25.9 Å². The molecule has 2 aromatic carbocycles. The van der Waals surface area contributed by atoms with Crippen LogP contribution in [-0.4, -0.2) is 88.1 Å². The number of phenols is 1. The quantitative estimate of drug-likeness (QED) is 0.314. The summed E-state index contributed by atoms with van der Waals surface area (Å²) < 4.78 is 44.1. The van der Waals surface area contributed by atoms with Crippen LogP contribution < -0.4 is 19.7 Å². The van der Waals surface area contributed by atoms with E-state index in [0.29, 0.717) is 65.8 Å². The molecule has 0 radical (unpaired) electrons. The van der Waals surface area contributed by atoms with Gasteiger partial charge in [0.1, 0.15) is 47.5 Å². The fourth-order valence-corrected chi connectivity index (χ4v) is 7.75. The maximum Gasteiger partial charge on any atom is 0.319 e. The molecule has 2 aromatic heterocycles. The summed E-state index contributed by atoms with van der Waals surface area (Å²) in [6, 6.07) is 8.57. The first-order valence-corrected chi connectivity index (χ1v) is 15.7. The lowest BCUT2D eigenvalue weighted by molar-refractivity contribution is 0.107. The molecule has 45 heavy (non-hydrogen) atoms. The summed E-state index contributed by atoms with van der Waals surface area (Å²) >= 11 is 0. The summed E-state index contributed by atoms with van der Waals surface area (Å²) in [4.78, 5) is 18.5. The lowest BCUT2D eigenvalue weighted by Gasteiger charge is -2.39. The van der Waals surface area contributed by atoms with Gasteiger partial charge in [-0.25, -0.2) is 13.8 Å². The Labute approximate surface area is 259 Å². The smallest absolute Gasteiger partial charge is 0.319 e. The number of nitrogens with zero attached hydrogens (tertiary/aromatic N) is 5. The van der Waals surface area contributed by atoms with Gasteiger partial charge >= 0.3 is 6.01 Å². The van der Waals surface area contributed by atoms with Crippen molar-refractivity contribution in [3.05, 3.63) is 41.7 Å². The van der Waals surface area contributed by atoms with Crippen LogP contribution in [0.3, 0.4) is 0 Å². The van der Waals surface area contributed by atoms with E-state index in [2.05, 4.69) is 32.9 Å². The topological polar surface area (TPSA) is 95.9 Å². The Morgan fingerprint density at radius 2 is 2.11 bits per heavy atom. The van der Waals surface area contributed by atoms with Crippen LogP contribution in [0.4, 0.5) is 14.6 Å². The van der Waals surface area contributed by atoms with Crippen molar-refractivity contribution >= 4 is 27.5 Å². The average Bonchev–Trinajstić information content (AvgIpc) is 3.52. The fraction of sp³-hybridized carbons (Fsp3) is 0.441.